The van der Waals surface area contributed by atoms with E-state index in [9.17, 15) is 0 Å². The van der Waals surface area contributed by atoms with Crippen LogP contribution < -0.4 is 0 Å². The molecule has 0 unspecified atom stereocenters. The van der Waals surface area contributed by atoms with E-state index in [1.54, 1.807) is 0 Å². The lowest BCUT2D eigenvalue weighted by Gasteiger charge is -2.13. The molecule has 24 aromatic rings. The summed E-state index contributed by atoms with van der Waals surface area (Å²) in [4.78, 5) is 32.4. The van der Waals surface area contributed by atoms with Gasteiger partial charge < -0.3 is 18.0 Å². The molecule has 0 amide bonds. The summed E-state index contributed by atoms with van der Waals surface area (Å²) in [6, 6.07) is 138. The molecule has 0 saturated heterocycles. The average molecular weight is 1510 g/mol. The monoisotopic (exact) mass is 1500 g/mol. The fraction of sp³-hybridized carbons (Fsp3) is 0. The van der Waals surface area contributed by atoms with Gasteiger partial charge >= 0.3 is 0 Å². The van der Waals surface area contributed by atoms with Gasteiger partial charge in [-0.1, -0.05) is 297 Å². The molecule has 0 aliphatic rings. The molecular formula is C108H64N8O2. The van der Waals surface area contributed by atoms with Gasteiger partial charge in [0.2, 0.25) is 0 Å². The van der Waals surface area contributed by atoms with Crippen LogP contribution in [0, 0.1) is 0 Å². The highest BCUT2D eigenvalue weighted by molar-refractivity contribution is 6.19. The predicted molar refractivity (Wildman–Crippen MR) is 483 cm³/mol. The van der Waals surface area contributed by atoms with Crippen molar-refractivity contribution in [1.82, 2.24) is 39.0 Å². The zero-order valence-corrected chi connectivity index (χ0v) is 63.3. The second kappa shape index (κ2) is 26.8. The summed E-state index contributed by atoms with van der Waals surface area (Å²) in [6.45, 7) is 0. The third-order valence-electron chi connectivity index (χ3n) is 23.5. The number of furan rings is 2. The Morgan fingerprint density at radius 3 is 0.992 bits per heavy atom. The minimum atomic E-state index is 0.541. The van der Waals surface area contributed by atoms with E-state index in [2.05, 4.69) is 361 Å². The summed E-state index contributed by atoms with van der Waals surface area (Å²) in [5, 5.41) is 15.3. The highest BCUT2D eigenvalue weighted by atomic mass is 16.3. The van der Waals surface area contributed by atoms with Crippen LogP contribution in [0.1, 0.15) is 0 Å². The van der Waals surface area contributed by atoms with Crippen molar-refractivity contribution in [1.29, 1.82) is 0 Å². The Morgan fingerprint density at radius 2 is 0.475 bits per heavy atom. The van der Waals surface area contributed by atoms with Crippen molar-refractivity contribution in [3.63, 3.8) is 0 Å². The summed E-state index contributed by atoms with van der Waals surface area (Å²) in [6.07, 6.45) is 0. The molecule has 0 N–H and O–H groups in total. The van der Waals surface area contributed by atoms with Crippen LogP contribution in [0.2, 0.25) is 0 Å². The third-order valence-corrected chi connectivity index (χ3v) is 23.5. The average Bonchev–Trinajstić information content (AvgIpc) is 1.57. The Kier molecular flexibility index (Phi) is 15.1. The number of rotatable bonds is 12. The molecule has 548 valence electrons. The first-order valence-electron chi connectivity index (χ1n) is 39.8. The maximum Gasteiger partial charge on any atom is 0.164 e. The number of hydrogen-bond donors (Lipinski definition) is 0. The van der Waals surface area contributed by atoms with Crippen LogP contribution in [0.15, 0.2) is 397 Å². The molecule has 6 aromatic heterocycles. The smallest absolute Gasteiger partial charge is 0.164 e. The summed E-state index contributed by atoms with van der Waals surface area (Å²) < 4.78 is 18.7. The first-order valence-corrected chi connectivity index (χ1v) is 39.8. The number of hydrogen-bond acceptors (Lipinski definition) is 8. The molecule has 24 rings (SSSR count). The van der Waals surface area contributed by atoms with E-state index in [0.29, 0.717) is 34.9 Å². The number of nitrogens with zero attached hydrogens (tertiary/aromatic N) is 8. The van der Waals surface area contributed by atoms with E-state index in [4.69, 9.17) is 38.7 Å². The van der Waals surface area contributed by atoms with Crippen molar-refractivity contribution in [2.45, 2.75) is 0 Å². The van der Waals surface area contributed by atoms with E-state index in [1.807, 2.05) is 36.4 Å². The maximum atomic E-state index is 7.07. The lowest BCUT2D eigenvalue weighted by atomic mass is 9.98. The lowest BCUT2D eigenvalue weighted by Crippen LogP contribution is -2.02. The zero-order chi connectivity index (χ0) is 77.5. The van der Waals surface area contributed by atoms with Gasteiger partial charge in [-0.05, 0) is 168 Å². The molecule has 0 spiro atoms. The van der Waals surface area contributed by atoms with Gasteiger partial charge in [-0.25, -0.2) is 29.9 Å². The van der Waals surface area contributed by atoms with Gasteiger partial charge in [0.25, 0.3) is 0 Å². The fourth-order valence-electron chi connectivity index (χ4n) is 17.7. The van der Waals surface area contributed by atoms with Crippen LogP contribution in [0.3, 0.4) is 0 Å². The first-order chi connectivity index (χ1) is 58.4. The molecule has 0 fully saturated rings. The zero-order valence-electron chi connectivity index (χ0n) is 63.3. The molecule has 0 radical (unpaired) electrons. The van der Waals surface area contributed by atoms with Crippen LogP contribution in [0.4, 0.5) is 0 Å². The molecule has 0 aliphatic heterocycles. The van der Waals surface area contributed by atoms with Gasteiger partial charge in [0.15, 0.2) is 46.1 Å². The van der Waals surface area contributed by atoms with Gasteiger partial charge in [-0.15, -0.1) is 0 Å². The van der Waals surface area contributed by atoms with E-state index in [0.717, 1.165) is 204 Å². The van der Waals surface area contributed by atoms with Crippen molar-refractivity contribution in [3.8, 4) is 124 Å². The summed E-state index contributed by atoms with van der Waals surface area (Å²) >= 11 is 0. The predicted octanol–water partition coefficient (Wildman–Crippen LogP) is 28.2. The third kappa shape index (κ3) is 11.2. The summed E-state index contributed by atoms with van der Waals surface area (Å²) in [7, 11) is 0. The summed E-state index contributed by atoms with van der Waals surface area (Å²) in [5.74, 6) is 3.35. The van der Waals surface area contributed by atoms with Crippen molar-refractivity contribution >= 4 is 120 Å². The second-order valence-electron chi connectivity index (χ2n) is 30.5. The Morgan fingerprint density at radius 1 is 0.161 bits per heavy atom. The number of benzene rings is 18. The molecule has 0 saturated carbocycles. The van der Waals surface area contributed by atoms with E-state index < -0.39 is 0 Å². The largest absolute Gasteiger partial charge is 0.454 e. The van der Waals surface area contributed by atoms with Crippen LogP contribution >= 0.6 is 0 Å². The van der Waals surface area contributed by atoms with E-state index in [-0.39, 0.29) is 0 Å². The molecule has 18 aromatic carbocycles. The van der Waals surface area contributed by atoms with Crippen LogP contribution in [0.5, 0.6) is 0 Å². The molecule has 0 bridgehead atoms. The van der Waals surface area contributed by atoms with Crippen molar-refractivity contribution in [2.24, 2.45) is 0 Å². The number of aromatic nitrogens is 8. The SMILES string of the molecule is c1ccc(-c2ccc(-c3nc(-c4ccc(-c5ccc(-c6ccc7c(c6)c6cc8ccccc8cc6n7-c6cc(-c7nc(-c8cccc(-c9ccccc9)c8)nc(-c8ccc9ccccc9c8)n7)cc7c6oc6ccccc67)cc5)cc4)nc(-c4cc(-n5c6ccccc6c6cc7ccccc7cc65)c5oc6ccccc6c5c4)n3)cc2)cc1. The van der Waals surface area contributed by atoms with E-state index >= 15 is 0 Å². The highest BCUT2D eigenvalue weighted by Gasteiger charge is 2.26. The number of para-hydroxylation sites is 3. The highest BCUT2D eigenvalue weighted by Crippen LogP contribution is 2.46. The van der Waals surface area contributed by atoms with Gasteiger partial charge in [-0.3, -0.25) is 0 Å². The fourth-order valence-corrected chi connectivity index (χ4v) is 17.7. The first kappa shape index (κ1) is 66.6. The Bertz CT molecular complexity index is 8230. The normalized spacial score (nSPS) is 11.9. The van der Waals surface area contributed by atoms with Gasteiger partial charge in [0.05, 0.1) is 33.4 Å². The van der Waals surface area contributed by atoms with Crippen LogP contribution in [0.25, 0.3) is 244 Å². The standard InChI is InChI=1S/C108H64N8O2/c1-3-20-65(21-4-1)68-42-47-72(48-43-68)103-109-104(111-107(110-103)83-59-91-86-33-14-17-36-99(86)117-101(91)97(63-83)115-93-35-16-13-32-85(93)88-56-76-26-9-11-28-78(76)61-95(88)115)73-49-44-70(45-50-73)69-38-40-71(41-39-69)80-52-53-94-89(58-80)90-57-77-27-10-12-29-79(77)62-96(90)116(94)98-64-84(60-92-87-34-15-18-37-100(87)118-102(92)98)108-113-105(81-31-19-30-75(54-81)66-22-5-2-6-23-66)112-106(114-108)82-51-46-67-24-7-8-25-74(67)55-82/h1-64H. The Balaban J connectivity index is 0.615. The molecule has 118 heavy (non-hydrogen) atoms. The van der Waals surface area contributed by atoms with Gasteiger partial charge in [0.1, 0.15) is 11.2 Å². The second-order valence-corrected chi connectivity index (χ2v) is 30.5. The lowest BCUT2D eigenvalue weighted by molar-refractivity contribution is 0.666. The molecule has 10 heteroatoms. The summed E-state index contributed by atoms with van der Waals surface area (Å²) in [5.41, 5.74) is 23.0. The molecule has 0 atom stereocenters. The molecular weight excluding hydrogens is 1440 g/mol. The van der Waals surface area contributed by atoms with Crippen molar-refractivity contribution in [2.75, 3.05) is 0 Å². The topological polar surface area (TPSA) is 113 Å². The van der Waals surface area contributed by atoms with Crippen molar-refractivity contribution in [3.05, 3.63) is 388 Å². The maximum absolute atomic E-state index is 7.07. The van der Waals surface area contributed by atoms with Gasteiger partial charge in [-0.2, -0.15) is 0 Å². The van der Waals surface area contributed by atoms with Gasteiger partial charge in [0, 0.05) is 76.5 Å². The Hall–Kier alpha value is -16.0. The minimum Gasteiger partial charge on any atom is -0.454 e. The molecule has 10 nitrogen and oxygen atoms in total. The van der Waals surface area contributed by atoms with Crippen LogP contribution in [-0.4, -0.2) is 39.0 Å². The number of fused-ring (bicyclic) bond motifs is 15. The molecule has 0 aliphatic carbocycles. The van der Waals surface area contributed by atoms with Crippen molar-refractivity contribution < 1.29 is 8.83 Å². The van der Waals surface area contributed by atoms with E-state index in [1.165, 1.54) is 5.39 Å². The Labute approximate surface area is 675 Å². The minimum absolute atomic E-state index is 0.541. The van der Waals surface area contributed by atoms with Crippen LogP contribution in [-0.2, 0) is 0 Å². The quantitative estimate of drug-likeness (QED) is 0.119. The molecule has 6 heterocycles.